The van der Waals surface area contributed by atoms with Crippen LogP contribution in [0, 0.1) is 6.92 Å². The highest BCUT2D eigenvalue weighted by Crippen LogP contribution is 2.29. The van der Waals surface area contributed by atoms with Crippen LogP contribution in [0.4, 0.5) is 0 Å². The third kappa shape index (κ3) is 3.00. The number of aryl methyl sites for hydroxylation is 1. The van der Waals surface area contributed by atoms with E-state index in [9.17, 15) is 4.79 Å². The fourth-order valence-electron chi connectivity index (χ4n) is 3.56. The zero-order valence-electron chi connectivity index (χ0n) is 14.9. The number of nitrogens with one attached hydrogen (secondary N) is 1. The quantitative estimate of drug-likeness (QED) is 0.935. The lowest BCUT2D eigenvalue weighted by Gasteiger charge is -2.33. The molecule has 24 heavy (non-hydrogen) atoms. The molecule has 1 saturated heterocycles. The molecular formula is C19H26N2O3. The molecule has 130 valence electrons. The molecule has 1 aromatic carbocycles. The normalized spacial score (nSPS) is 18.8. The van der Waals surface area contributed by atoms with Gasteiger partial charge in [-0.15, -0.1) is 0 Å². The Labute approximate surface area is 142 Å². The minimum atomic E-state index is 0.0659. The molecule has 0 bridgehead atoms. The molecule has 1 N–H and O–H groups in total. The van der Waals surface area contributed by atoms with Crippen LogP contribution in [0.1, 0.15) is 37.4 Å². The van der Waals surface area contributed by atoms with Crippen molar-refractivity contribution < 1.29 is 9.47 Å². The Bertz CT molecular complexity index is 797. The number of H-pyrrole nitrogens is 1. The van der Waals surface area contributed by atoms with Crippen molar-refractivity contribution in [3.05, 3.63) is 33.6 Å². The second-order valence-electron chi connectivity index (χ2n) is 6.63. The van der Waals surface area contributed by atoms with E-state index in [2.05, 4.69) is 16.8 Å². The number of aromatic amines is 1. The van der Waals surface area contributed by atoms with Crippen molar-refractivity contribution in [2.75, 3.05) is 20.8 Å². The third-order valence-corrected chi connectivity index (χ3v) is 5.12. The molecule has 2 heterocycles. The Kier molecular flexibility index (Phi) is 4.81. The molecule has 5 heteroatoms. The molecule has 0 aliphatic carbocycles. The zero-order valence-corrected chi connectivity index (χ0v) is 14.9. The standard InChI is InChI=1S/C19H26N2O3/c1-12-7-5-6-8-21(12)11-16-13(2)20-18-15(19(16)22)9-14(23-3)10-17(18)24-4/h9-10,12H,5-8,11H2,1-4H3,(H,20,22)/t12-/m1/s1. The Morgan fingerprint density at radius 3 is 2.71 bits per heavy atom. The van der Waals surface area contributed by atoms with Crippen molar-refractivity contribution >= 4 is 10.9 Å². The first-order valence-corrected chi connectivity index (χ1v) is 8.56. The largest absolute Gasteiger partial charge is 0.497 e. The number of likely N-dealkylation sites (tertiary alicyclic amines) is 1. The van der Waals surface area contributed by atoms with Crippen molar-refractivity contribution in [1.29, 1.82) is 0 Å². The molecule has 1 aliphatic heterocycles. The lowest BCUT2D eigenvalue weighted by Crippen LogP contribution is -2.38. The summed E-state index contributed by atoms with van der Waals surface area (Å²) in [6.45, 7) is 5.96. The average Bonchev–Trinajstić information content (AvgIpc) is 2.59. The van der Waals surface area contributed by atoms with Gasteiger partial charge in [-0.1, -0.05) is 6.42 Å². The number of hydrogen-bond donors (Lipinski definition) is 1. The molecule has 1 atom stereocenters. The summed E-state index contributed by atoms with van der Waals surface area (Å²) in [7, 11) is 3.20. The Hall–Kier alpha value is -2.01. The van der Waals surface area contributed by atoms with Crippen molar-refractivity contribution in [3.63, 3.8) is 0 Å². The van der Waals surface area contributed by atoms with E-state index in [1.165, 1.54) is 19.3 Å². The highest BCUT2D eigenvalue weighted by atomic mass is 16.5. The predicted molar refractivity (Wildman–Crippen MR) is 96.1 cm³/mol. The summed E-state index contributed by atoms with van der Waals surface area (Å²) in [4.78, 5) is 18.9. The van der Waals surface area contributed by atoms with E-state index in [4.69, 9.17) is 9.47 Å². The van der Waals surface area contributed by atoms with E-state index in [0.29, 0.717) is 29.5 Å². The van der Waals surface area contributed by atoms with Gasteiger partial charge in [0.2, 0.25) is 0 Å². The van der Waals surface area contributed by atoms with Gasteiger partial charge in [-0.3, -0.25) is 9.69 Å². The van der Waals surface area contributed by atoms with E-state index in [0.717, 1.165) is 23.3 Å². The molecule has 1 fully saturated rings. The zero-order chi connectivity index (χ0) is 17.3. The molecule has 0 unspecified atom stereocenters. The smallest absolute Gasteiger partial charge is 0.194 e. The Morgan fingerprint density at radius 1 is 1.25 bits per heavy atom. The third-order valence-electron chi connectivity index (χ3n) is 5.12. The number of methoxy groups -OCH3 is 2. The molecule has 0 radical (unpaired) electrons. The van der Waals surface area contributed by atoms with Crippen LogP contribution in [0.25, 0.3) is 10.9 Å². The first-order valence-electron chi connectivity index (χ1n) is 8.56. The fourth-order valence-corrected chi connectivity index (χ4v) is 3.56. The van der Waals surface area contributed by atoms with Gasteiger partial charge in [0, 0.05) is 29.9 Å². The molecular weight excluding hydrogens is 304 g/mol. The maximum atomic E-state index is 13.1. The minimum Gasteiger partial charge on any atom is -0.497 e. The number of ether oxygens (including phenoxy) is 2. The molecule has 0 saturated carbocycles. The summed E-state index contributed by atoms with van der Waals surface area (Å²) < 4.78 is 10.7. The Balaban J connectivity index is 2.10. The van der Waals surface area contributed by atoms with Gasteiger partial charge < -0.3 is 14.5 Å². The van der Waals surface area contributed by atoms with Crippen LogP contribution >= 0.6 is 0 Å². The van der Waals surface area contributed by atoms with E-state index >= 15 is 0 Å². The van der Waals surface area contributed by atoms with Gasteiger partial charge >= 0.3 is 0 Å². The SMILES string of the molecule is COc1cc(OC)c2[nH]c(C)c(CN3CCCC[C@H]3C)c(=O)c2c1. The van der Waals surface area contributed by atoms with Gasteiger partial charge in [0.15, 0.2) is 5.43 Å². The molecule has 2 aromatic rings. The monoisotopic (exact) mass is 330 g/mol. The van der Waals surface area contributed by atoms with Gasteiger partial charge in [0.25, 0.3) is 0 Å². The maximum absolute atomic E-state index is 13.1. The number of pyridine rings is 1. The number of fused-ring (bicyclic) bond motifs is 1. The molecule has 0 spiro atoms. The van der Waals surface area contributed by atoms with E-state index < -0.39 is 0 Å². The minimum absolute atomic E-state index is 0.0659. The van der Waals surface area contributed by atoms with Crippen molar-refractivity contribution in [1.82, 2.24) is 9.88 Å². The summed E-state index contributed by atoms with van der Waals surface area (Å²) in [5.74, 6) is 1.26. The molecule has 0 amide bonds. The highest BCUT2D eigenvalue weighted by Gasteiger charge is 2.21. The highest BCUT2D eigenvalue weighted by molar-refractivity contribution is 5.86. The van der Waals surface area contributed by atoms with Crippen LogP contribution in [0.2, 0.25) is 0 Å². The first-order chi connectivity index (χ1) is 11.5. The van der Waals surface area contributed by atoms with E-state index in [1.54, 1.807) is 26.4 Å². The van der Waals surface area contributed by atoms with Crippen LogP contribution in [0.15, 0.2) is 16.9 Å². The number of aromatic nitrogens is 1. The molecule has 5 nitrogen and oxygen atoms in total. The average molecular weight is 330 g/mol. The van der Waals surface area contributed by atoms with Gasteiger partial charge in [-0.2, -0.15) is 0 Å². The van der Waals surface area contributed by atoms with E-state index in [1.807, 2.05) is 6.92 Å². The van der Waals surface area contributed by atoms with Crippen LogP contribution in [0.3, 0.4) is 0 Å². The van der Waals surface area contributed by atoms with Crippen LogP contribution in [0.5, 0.6) is 11.5 Å². The lowest BCUT2D eigenvalue weighted by molar-refractivity contribution is 0.152. The van der Waals surface area contributed by atoms with Crippen LogP contribution in [-0.4, -0.2) is 36.7 Å². The summed E-state index contributed by atoms with van der Waals surface area (Å²) in [5.41, 5.74) is 2.55. The van der Waals surface area contributed by atoms with Gasteiger partial charge in [0.05, 0.1) is 25.1 Å². The number of hydrogen-bond acceptors (Lipinski definition) is 4. The number of nitrogens with zero attached hydrogens (tertiary/aromatic N) is 1. The summed E-state index contributed by atoms with van der Waals surface area (Å²) in [6.07, 6.45) is 3.68. The summed E-state index contributed by atoms with van der Waals surface area (Å²) in [5, 5.41) is 0.622. The van der Waals surface area contributed by atoms with Gasteiger partial charge in [-0.25, -0.2) is 0 Å². The van der Waals surface area contributed by atoms with E-state index in [-0.39, 0.29) is 5.43 Å². The maximum Gasteiger partial charge on any atom is 0.194 e. The topological polar surface area (TPSA) is 54.6 Å². The molecule has 1 aromatic heterocycles. The van der Waals surface area contributed by atoms with Gasteiger partial charge in [0.1, 0.15) is 11.5 Å². The second-order valence-corrected chi connectivity index (χ2v) is 6.63. The lowest BCUT2D eigenvalue weighted by atomic mass is 10.0. The van der Waals surface area contributed by atoms with Gasteiger partial charge in [-0.05, 0) is 39.3 Å². The van der Waals surface area contributed by atoms with Crippen molar-refractivity contribution in [2.24, 2.45) is 0 Å². The van der Waals surface area contributed by atoms with Crippen LogP contribution < -0.4 is 14.9 Å². The summed E-state index contributed by atoms with van der Waals surface area (Å²) in [6, 6.07) is 4.11. The number of benzene rings is 1. The van der Waals surface area contributed by atoms with Crippen molar-refractivity contribution in [3.8, 4) is 11.5 Å². The molecule has 1 aliphatic rings. The number of rotatable bonds is 4. The fraction of sp³-hybridized carbons (Fsp3) is 0.526. The van der Waals surface area contributed by atoms with Crippen LogP contribution in [-0.2, 0) is 6.54 Å². The first kappa shape index (κ1) is 16.8. The van der Waals surface area contributed by atoms with Crippen molar-refractivity contribution in [2.45, 2.75) is 45.7 Å². The number of piperidine rings is 1. The predicted octanol–water partition coefficient (Wildman–Crippen LogP) is 3.23. The molecule has 3 rings (SSSR count). The summed E-state index contributed by atoms with van der Waals surface area (Å²) >= 11 is 0. The Morgan fingerprint density at radius 2 is 2.04 bits per heavy atom. The second kappa shape index (κ2) is 6.85.